The Balaban J connectivity index is 4.30. The summed E-state index contributed by atoms with van der Waals surface area (Å²) in [5.74, 6) is 2.62. The summed E-state index contributed by atoms with van der Waals surface area (Å²) in [6, 6.07) is 0. The summed E-state index contributed by atoms with van der Waals surface area (Å²) in [6.07, 6.45) is 4.58. The zero-order valence-electron chi connectivity index (χ0n) is 14.3. The van der Waals surface area contributed by atoms with Gasteiger partial charge in [-0.1, -0.05) is 53.2 Å². The Hall–Kier alpha value is -0.590. The third-order valence-electron chi connectivity index (χ3n) is 4.98. The van der Waals surface area contributed by atoms with Crippen LogP contribution in [0.5, 0.6) is 0 Å². The topological polar surface area (TPSA) is 17.1 Å². The molecule has 0 aliphatic carbocycles. The highest BCUT2D eigenvalue weighted by Gasteiger charge is 2.23. The number of carbonyl (C=O) groups excluding carboxylic acids is 1. The van der Waals surface area contributed by atoms with E-state index in [4.69, 9.17) is 0 Å². The van der Waals surface area contributed by atoms with Crippen LogP contribution < -0.4 is 0 Å². The van der Waals surface area contributed by atoms with Gasteiger partial charge in [0.2, 0.25) is 0 Å². The van der Waals surface area contributed by atoms with Crippen LogP contribution in [0.2, 0.25) is 0 Å². The lowest BCUT2D eigenvalue weighted by molar-refractivity contribution is -0.126. The van der Waals surface area contributed by atoms with Gasteiger partial charge in [-0.3, -0.25) is 4.79 Å². The summed E-state index contributed by atoms with van der Waals surface area (Å²) >= 11 is 0. The predicted octanol–water partition coefficient (Wildman–Crippen LogP) is 5.50. The van der Waals surface area contributed by atoms with Crippen molar-refractivity contribution in [2.75, 3.05) is 0 Å². The fourth-order valence-electron chi connectivity index (χ4n) is 2.54. The normalized spacial score (nSPS) is 19.1. The number of Topliss-reactive ketones (excluding diaryl/α,β-unsaturated/α-hetero) is 1. The minimum Gasteiger partial charge on any atom is -0.299 e. The van der Waals surface area contributed by atoms with Gasteiger partial charge >= 0.3 is 0 Å². The maximum atomic E-state index is 12.0. The van der Waals surface area contributed by atoms with E-state index in [1.54, 1.807) is 0 Å². The Bertz CT molecular complexity index is 301. The molecule has 0 aromatic carbocycles. The van der Waals surface area contributed by atoms with Crippen LogP contribution in [-0.4, -0.2) is 5.78 Å². The molecule has 0 spiro atoms. The van der Waals surface area contributed by atoms with Gasteiger partial charge in [0, 0.05) is 11.8 Å². The van der Waals surface area contributed by atoms with E-state index < -0.39 is 0 Å². The number of hydrogen-bond acceptors (Lipinski definition) is 1. The van der Waals surface area contributed by atoms with Gasteiger partial charge in [0.15, 0.2) is 0 Å². The Labute approximate surface area is 120 Å². The minimum absolute atomic E-state index is 0.166. The molecule has 4 unspecified atom stereocenters. The average Bonchev–Trinajstić information content (AvgIpc) is 2.40. The van der Waals surface area contributed by atoms with Crippen LogP contribution in [0.3, 0.4) is 0 Å². The number of carbonyl (C=O) groups is 1. The molecule has 19 heavy (non-hydrogen) atoms. The number of hydrogen-bond donors (Lipinski definition) is 0. The van der Waals surface area contributed by atoms with E-state index in [-0.39, 0.29) is 11.8 Å². The molecular formula is C18H34O. The molecule has 0 aromatic heterocycles. The molecule has 4 atom stereocenters. The first kappa shape index (κ1) is 18.4. The maximum absolute atomic E-state index is 12.0. The molecule has 0 heterocycles. The molecule has 0 rings (SSSR count). The standard InChI is InChI=1S/C18H34O/c1-9-13(4)16(7)14(5)10-11-15(6)17(8)18(19)12(2)3/h9,12,14-17H,10-11H2,1-8H3/b13-9+. The second kappa shape index (κ2) is 8.55. The van der Waals surface area contributed by atoms with Crippen molar-refractivity contribution in [3.8, 4) is 0 Å². The van der Waals surface area contributed by atoms with Crippen molar-refractivity contribution < 1.29 is 4.79 Å². The summed E-state index contributed by atoms with van der Waals surface area (Å²) < 4.78 is 0. The van der Waals surface area contributed by atoms with Crippen LogP contribution in [0.15, 0.2) is 11.6 Å². The smallest absolute Gasteiger partial charge is 0.138 e. The molecule has 1 heteroatoms. The summed E-state index contributed by atoms with van der Waals surface area (Å²) in [5.41, 5.74) is 1.48. The Morgan fingerprint density at radius 3 is 1.68 bits per heavy atom. The summed E-state index contributed by atoms with van der Waals surface area (Å²) in [5, 5.41) is 0. The number of ketones is 1. The highest BCUT2D eigenvalue weighted by Crippen LogP contribution is 2.28. The van der Waals surface area contributed by atoms with Crippen LogP contribution in [0.4, 0.5) is 0 Å². The second-order valence-corrected chi connectivity index (χ2v) is 6.70. The largest absolute Gasteiger partial charge is 0.299 e. The molecule has 0 amide bonds. The third kappa shape index (κ3) is 5.93. The van der Waals surface area contributed by atoms with E-state index in [2.05, 4.69) is 47.6 Å². The Morgan fingerprint density at radius 1 is 0.895 bits per heavy atom. The van der Waals surface area contributed by atoms with E-state index >= 15 is 0 Å². The van der Waals surface area contributed by atoms with Crippen LogP contribution in [0.25, 0.3) is 0 Å². The van der Waals surface area contributed by atoms with Gasteiger partial charge < -0.3 is 0 Å². The number of allylic oxidation sites excluding steroid dienone is 2. The Kier molecular flexibility index (Phi) is 8.29. The van der Waals surface area contributed by atoms with Crippen LogP contribution >= 0.6 is 0 Å². The lowest BCUT2D eigenvalue weighted by Gasteiger charge is -2.25. The van der Waals surface area contributed by atoms with Crippen LogP contribution in [0.1, 0.15) is 68.2 Å². The van der Waals surface area contributed by atoms with Gasteiger partial charge in [-0.15, -0.1) is 0 Å². The monoisotopic (exact) mass is 266 g/mol. The lowest BCUT2D eigenvalue weighted by atomic mass is 9.80. The zero-order valence-corrected chi connectivity index (χ0v) is 14.3. The van der Waals surface area contributed by atoms with E-state index in [1.165, 1.54) is 12.0 Å². The molecule has 0 bridgehead atoms. The summed E-state index contributed by atoms with van der Waals surface area (Å²) in [4.78, 5) is 12.0. The molecule has 0 aromatic rings. The van der Waals surface area contributed by atoms with Gasteiger partial charge in [0.25, 0.3) is 0 Å². The van der Waals surface area contributed by atoms with Crippen molar-refractivity contribution >= 4 is 5.78 Å². The highest BCUT2D eigenvalue weighted by molar-refractivity contribution is 5.82. The van der Waals surface area contributed by atoms with Gasteiger partial charge in [0.1, 0.15) is 5.78 Å². The van der Waals surface area contributed by atoms with Crippen molar-refractivity contribution in [3.05, 3.63) is 11.6 Å². The summed E-state index contributed by atoms with van der Waals surface area (Å²) in [6.45, 7) is 17.3. The lowest BCUT2D eigenvalue weighted by Crippen LogP contribution is -2.24. The molecule has 0 aliphatic rings. The zero-order chi connectivity index (χ0) is 15.2. The van der Waals surface area contributed by atoms with Gasteiger partial charge in [0.05, 0.1) is 0 Å². The first-order chi connectivity index (χ1) is 8.72. The van der Waals surface area contributed by atoms with Crippen LogP contribution in [0, 0.1) is 29.6 Å². The molecule has 0 N–H and O–H groups in total. The van der Waals surface area contributed by atoms with E-state index in [0.29, 0.717) is 23.5 Å². The van der Waals surface area contributed by atoms with Crippen LogP contribution in [-0.2, 0) is 4.79 Å². The minimum atomic E-state index is 0.166. The first-order valence-electron chi connectivity index (χ1n) is 7.88. The first-order valence-corrected chi connectivity index (χ1v) is 7.88. The van der Waals surface area contributed by atoms with Crippen molar-refractivity contribution in [1.29, 1.82) is 0 Å². The molecule has 0 fully saturated rings. The predicted molar refractivity (Wildman–Crippen MR) is 85.2 cm³/mol. The number of rotatable bonds is 8. The van der Waals surface area contributed by atoms with Crippen molar-refractivity contribution in [3.63, 3.8) is 0 Å². The van der Waals surface area contributed by atoms with Crippen molar-refractivity contribution in [1.82, 2.24) is 0 Å². The molecule has 1 nitrogen and oxygen atoms in total. The van der Waals surface area contributed by atoms with Gasteiger partial charge in [-0.25, -0.2) is 0 Å². The molecule has 0 saturated carbocycles. The molecule has 112 valence electrons. The molecule has 0 radical (unpaired) electrons. The average molecular weight is 266 g/mol. The molecule has 0 saturated heterocycles. The van der Waals surface area contributed by atoms with Gasteiger partial charge in [-0.05, 0) is 44.4 Å². The second-order valence-electron chi connectivity index (χ2n) is 6.70. The molecule has 0 aliphatic heterocycles. The fraction of sp³-hybridized carbons (Fsp3) is 0.833. The van der Waals surface area contributed by atoms with Crippen molar-refractivity contribution in [2.45, 2.75) is 68.2 Å². The quantitative estimate of drug-likeness (QED) is 0.530. The summed E-state index contributed by atoms with van der Waals surface area (Å²) in [7, 11) is 0. The van der Waals surface area contributed by atoms with Crippen molar-refractivity contribution in [2.24, 2.45) is 29.6 Å². The van der Waals surface area contributed by atoms with E-state index in [0.717, 1.165) is 6.42 Å². The highest BCUT2D eigenvalue weighted by atomic mass is 16.1. The SMILES string of the molecule is C/C=C(\C)C(C)C(C)CCC(C)C(C)C(=O)C(C)C. The third-order valence-corrected chi connectivity index (χ3v) is 4.98. The van der Waals surface area contributed by atoms with E-state index in [1.807, 2.05) is 13.8 Å². The van der Waals surface area contributed by atoms with Gasteiger partial charge in [-0.2, -0.15) is 0 Å². The Morgan fingerprint density at radius 2 is 1.32 bits per heavy atom. The van der Waals surface area contributed by atoms with E-state index in [9.17, 15) is 4.79 Å². The molecular weight excluding hydrogens is 232 g/mol. The maximum Gasteiger partial charge on any atom is 0.138 e. The fourth-order valence-corrected chi connectivity index (χ4v) is 2.54.